The summed E-state index contributed by atoms with van der Waals surface area (Å²) >= 11 is 2.11. The molecule has 0 fully saturated rings. The van der Waals surface area contributed by atoms with Gasteiger partial charge in [-0.05, 0) is 16.6 Å². The number of ether oxygens (including phenoxy) is 1. The fourth-order valence-corrected chi connectivity index (χ4v) is 0.512. The number of methoxy groups -OCH3 is 1. The van der Waals surface area contributed by atoms with Crippen molar-refractivity contribution < 1.29 is 9.53 Å². The molecule has 0 bridgehead atoms. The number of allylic oxidation sites excluding steroid dienone is 2. The first-order valence-electron chi connectivity index (χ1n) is 2.73. The van der Waals surface area contributed by atoms with Crippen LogP contribution in [0.2, 0.25) is 0 Å². The number of rotatable bonds is 2. The highest BCUT2D eigenvalue weighted by atomic mass is 127. The Kier molecular flexibility index (Phi) is 5.29. The number of hydrogen-bond acceptors (Lipinski definition) is 2. The number of esters is 1. The molecule has 3 heteroatoms. The Hall–Kier alpha value is -0.320. The molecule has 56 valence electrons. The van der Waals surface area contributed by atoms with Gasteiger partial charge in [-0.2, -0.15) is 0 Å². The van der Waals surface area contributed by atoms with Crippen LogP contribution in [0, 0.1) is 0 Å². The molecule has 0 radical (unpaired) electrons. The highest BCUT2D eigenvalue weighted by molar-refractivity contribution is 14.1. The molecule has 0 aromatic carbocycles. The van der Waals surface area contributed by atoms with Gasteiger partial charge in [0.1, 0.15) is 0 Å². The van der Waals surface area contributed by atoms with Crippen molar-refractivity contribution in [2.24, 2.45) is 0 Å². The lowest BCUT2D eigenvalue weighted by Gasteiger charge is -1.88. The van der Waals surface area contributed by atoms with Crippen LogP contribution in [0.25, 0.3) is 0 Å². The number of carbonyl (C=O) groups is 1. The Labute approximate surface area is 74.1 Å². The minimum absolute atomic E-state index is 0.322. The highest BCUT2D eigenvalue weighted by Crippen LogP contribution is 1.98. The van der Waals surface area contributed by atoms with Crippen molar-refractivity contribution in [1.29, 1.82) is 0 Å². The zero-order valence-corrected chi connectivity index (χ0v) is 8.08. The minimum atomic E-state index is -0.322. The first kappa shape index (κ1) is 9.68. The fraction of sp³-hybridized carbons (Fsp3) is 0.286. The quantitative estimate of drug-likeness (QED) is 0.325. The second-order valence-corrected chi connectivity index (χ2v) is 2.33. The molecule has 0 amide bonds. The molecule has 0 rings (SSSR count). The van der Waals surface area contributed by atoms with E-state index < -0.39 is 0 Å². The van der Waals surface area contributed by atoms with Gasteiger partial charge in [0.25, 0.3) is 0 Å². The van der Waals surface area contributed by atoms with Gasteiger partial charge in [-0.25, -0.2) is 4.79 Å². The van der Waals surface area contributed by atoms with Gasteiger partial charge in [0.05, 0.1) is 7.11 Å². The molecule has 0 saturated heterocycles. The summed E-state index contributed by atoms with van der Waals surface area (Å²) in [5, 5.41) is 0. The molecule has 0 aromatic heterocycles. The molecular formula is C7H9IO2. The largest absolute Gasteiger partial charge is 0.466 e. The first-order chi connectivity index (χ1) is 4.70. The number of carbonyl (C=O) groups excluding carboxylic acids is 1. The third-order valence-electron chi connectivity index (χ3n) is 0.856. The SMILES string of the molecule is COC(=O)/C=C/C(C)=C/I. The maximum atomic E-state index is 10.5. The van der Waals surface area contributed by atoms with E-state index in [1.54, 1.807) is 6.08 Å². The van der Waals surface area contributed by atoms with E-state index in [0.717, 1.165) is 5.57 Å². The van der Waals surface area contributed by atoms with Crippen LogP contribution in [0.4, 0.5) is 0 Å². The summed E-state index contributed by atoms with van der Waals surface area (Å²) in [5.74, 6) is -0.322. The highest BCUT2D eigenvalue weighted by Gasteiger charge is 1.88. The average molecular weight is 252 g/mol. The lowest BCUT2D eigenvalue weighted by molar-refractivity contribution is -0.134. The molecule has 0 atom stereocenters. The van der Waals surface area contributed by atoms with Crippen LogP contribution in [0.3, 0.4) is 0 Å². The van der Waals surface area contributed by atoms with Crippen LogP contribution in [0.1, 0.15) is 6.92 Å². The molecule has 0 unspecified atom stereocenters. The molecule has 10 heavy (non-hydrogen) atoms. The Bertz CT molecular complexity index is 170. The second-order valence-electron chi connectivity index (χ2n) is 1.71. The Balaban J connectivity index is 3.88. The molecular weight excluding hydrogens is 243 g/mol. The van der Waals surface area contributed by atoms with Crippen molar-refractivity contribution in [2.45, 2.75) is 6.92 Å². The van der Waals surface area contributed by atoms with Crippen molar-refractivity contribution in [3.8, 4) is 0 Å². The van der Waals surface area contributed by atoms with E-state index in [1.165, 1.54) is 13.2 Å². The Morgan fingerprint density at radius 3 is 2.50 bits per heavy atom. The fourth-order valence-electron chi connectivity index (χ4n) is 0.304. The molecule has 0 saturated carbocycles. The molecule has 0 aliphatic carbocycles. The van der Waals surface area contributed by atoms with Gasteiger partial charge in [0, 0.05) is 6.08 Å². The molecule has 0 spiro atoms. The molecule has 0 aliphatic heterocycles. The summed E-state index contributed by atoms with van der Waals surface area (Å²) in [6.07, 6.45) is 3.10. The predicted octanol–water partition coefficient (Wildman–Crippen LogP) is 2.05. The third kappa shape index (κ3) is 4.55. The van der Waals surface area contributed by atoms with Crippen LogP contribution in [-0.2, 0) is 9.53 Å². The normalized spacial score (nSPS) is 12.1. The summed E-state index contributed by atoms with van der Waals surface area (Å²) in [7, 11) is 1.36. The topological polar surface area (TPSA) is 26.3 Å². The van der Waals surface area contributed by atoms with Gasteiger partial charge < -0.3 is 4.74 Å². The standard InChI is InChI=1S/C7H9IO2/c1-6(5-8)3-4-7(9)10-2/h3-5H,1-2H3/b4-3+,6-5+. The summed E-state index contributed by atoms with van der Waals surface area (Å²) in [5.41, 5.74) is 1.03. The predicted molar refractivity (Wildman–Crippen MR) is 48.9 cm³/mol. The van der Waals surface area contributed by atoms with Crippen LogP contribution in [-0.4, -0.2) is 13.1 Å². The monoisotopic (exact) mass is 252 g/mol. The minimum Gasteiger partial charge on any atom is -0.466 e. The molecule has 2 nitrogen and oxygen atoms in total. The van der Waals surface area contributed by atoms with E-state index in [4.69, 9.17) is 0 Å². The lowest BCUT2D eigenvalue weighted by atomic mass is 10.3. The van der Waals surface area contributed by atoms with Gasteiger partial charge in [-0.1, -0.05) is 28.7 Å². The first-order valence-corrected chi connectivity index (χ1v) is 3.98. The molecule has 0 heterocycles. The van der Waals surface area contributed by atoms with Crippen molar-refractivity contribution in [3.63, 3.8) is 0 Å². The van der Waals surface area contributed by atoms with Crippen LogP contribution in [0.15, 0.2) is 21.8 Å². The van der Waals surface area contributed by atoms with Crippen molar-refractivity contribution >= 4 is 28.6 Å². The lowest BCUT2D eigenvalue weighted by Crippen LogP contribution is -1.93. The maximum absolute atomic E-state index is 10.5. The van der Waals surface area contributed by atoms with Crippen molar-refractivity contribution in [1.82, 2.24) is 0 Å². The van der Waals surface area contributed by atoms with Crippen LogP contribution >= 0.6 is 22.6 Å². The van der Waals surface area contributed by atoms with Crippen molar-refractivity contribution in [2.75, 3.05) is 7.11 Å². The van der Waals surface area contributed by atoms with Gasteiger partial charge in [-0.15, -0.1) is 0 Å². The molecule has 0 aliphatic rings. The zero-order valence-electron chi connectivity index (χ0n) is 5.93. The van der Waals surface area contributed by atoms with Gasteiger partial charge in [0.2, 0.25) is 0 Å². The Morgan fingerprint density at radius 2 is 2.10 bits per heavy atom. The summed E-state index contributed by atoms with van der Waals surface area (Å²) in [6, 6.07) is 0. The molecule has 0 aromatic rings. The van der Waals surface area contributed by atoms with E-state index in [0.29, 0.717) is 0 Å². The Morgan fingerprint density at radius 1 is 1.50 bits per heavy atom. The number of halogens is 1. The van der Waals surface area contributed by atoms with Crippen LogP contribution in [0.5, 0.6) is 0 Å². The van der Waals surface area contributed by atoms with Gasteiger partial charge in [0.15, 0.2) is 0 Å². The summed E-state index contributed by atoms with van der Waals surface area (Å²) in [6.45, 7) is 1.91. The van der Waals surface area contributed by atoms with E-state index in [1.807, 2.05) is 11.0 Å². The van der Waals surface area contributed by atoms with Crippen molar-refractivity contribution in [3.05, 3.63) is 21.8 Å². The number of hydrogen-bond donors (Lipinski definition) is 0. The maximum Gasteiger partial charge on any atom is 0.330 e. The van der Waals surface area contributed by atoms with E-state index in [9.17, 15) is 4.79 Å². The van der Waals surface area contributed by atoms with Gasteiger partial charge in [-0.3, -0.25) is 0 Å². The smallest absolute Gasteiger partial charge is 0.330 e. The summed E-state index contributed by atoms with van der Waals surface area (Å²) < 4.78 is 6.28. The van der Waals surface area contributed by atoms with E-state index in [-0.39, 0.29) is 5.97 Å². The third-order valence-corrected chi connectivity index (χ3v) is 1.84. The summed E-state index contributed by atoms with van der Waals surface area (Å²) in [4.78, 5) is 10.5. The average Bonchev–Trinajstić information content (AvgIpc) is 1.99. The molecule has 0 N–H and O–H groups in total. The second kappa shape index (κ2) is 5.46. The van der Waals surface area contributed by atoms with E-state index in [2.05, 4.69) is 27.3 Å². The van der Waals surface area contributed by atoms with Crippen LogP contribution < -0.4 is 0 Å². The van der Waals surface area contributed by atoms with Gasteiger partial charge >= 0.3 is 5.97 Å². The zero-order chi connectivity index (χ0) is 7.98. The van der Waals surface area contributed by atoms with E-state index >= 15 is 0 Å².